The number of ether oxygens (including phenoxy) is 1. The highest BCUT2D eigenvalue weighted by Gasteiger charge is 2.39. The van der Waals surface area contributed by atoms with Crippen molar-refractivity contribution in [3.05, 3.63) is 35.4 Å². The minimum absolute atomic E-state index is 0.304. The fourth-order valence-electron chi connectivity index (χ4n) is 2.32. The van der Waals surface area contributed by atoms with E-state index in [-0.39, 0.29) is 5.78 Å². The Morgan fingerprint density at radius 2 is 1.64 bits per heavy atom. The second-order valence-corrected chi connectivity index (χ2v) is 12.5. The molecule has 6 heteroatoms. The molecule has 0 fully saturated rings. The van der Waals surface area contributed by atoms with E-state index in [4.69, 9.17) is 14.4 Å². The fourth-order valence-corrected chi connectivity index (χ4v) is 3.36. The van der Waals surface area contributed by atoms with Crippen molar-refractivity contribution >= 4 is 20.1 Å². The van der Waals surface area contributed by atoms with Crippen LogP contribution in [0.4, 0.5) is 0 Å². The van der Waals surface area contributed by atoms with E-state index in [0.717, 1.165) is 0 Å². The van der Waals surface area contributed by atoms with Crippen molar-refractivity contribution in [2.45, 2.75) is 59.0 Å². The Kier molecular flexibility index (Phi) is 6.69. The van der Waals surface area contributed by atoms with Crippen LogP contribution in [0.5, 0.6) is 0 Å². The summed E-state index contributed by atoms with van der Waals surface area (Å²) in [6, 6.07) is 8.82. The first-order valence-corrected chi connectivity index (χ1v) is 11.7. The standard InChI is InChI=1S/C19H27NO4Si/c1-13(21)16(18(22)23-19(2,3)4)17(24-25(5,6)7)15-10-8-14(12-20)9-11-15/h8-11,16-17H,1-7H3. The number of hydrogen-bond acceptors (Lipinski definition) is 5. The average Bonchev–Trinajstić information content (AvgIpc) is 2.43. The van der Waals surface area contributed by atoms with Gasteiger partial charge in [-0.1, -0.05) is 12.1 Å². The van der Waals surface area contributed by atoms with Crippen LogP contribution in [0.2, 0.25) is 19.6 Å². The van der Waals surface area contributed by atoms with Gasteiger partial charge in [0, 0.05) is 0 Å². The van der Waals surface area contributed by atoms with Gasteiger partial charge in [0.15, 0.2) is 8.32 Å². The van der Waals surface area contributed by atoms with Crippen LogP contribution in [0, 0.1) is 17.2 Å². The summed E-state index contributed by atoms with van der Waals surface area (Å²) in [7, 11) is -2.06. The van der Waals surface area contributed by atoms with Gasteiger partial charge in [-0.2, -0.15) is 5.26 Å². The number of ketones is 1. The molecule has 0 aliphatic heterocycles. The molecule has 1 rings (SSSR count). The zero-order valence-corrected chi connectivity index (χ0v) is 17.0. The Morgan fingerprint density at radius 1 is 1.12 bits per heavy atom. The summed E-state index contributed by atoms with van der Waals surface area (Å²) in [6.45, 7) is 12.6. The van der Waals surface area contributed by atoms with Crippen molar-refractivity contribution in [3.63, 3.8) is 0 Å². The summed E-state index contributed by atoms with van der Waals surface area (Å²) in [6.07, 6.45) is -0.730. The Labute approximate surface area is 151 Å². The lowest BCUT2D eigenvalue weighted by molar-refractivity contribution is -0.165. The Balaban J connectivity index is 3.32. The first-order valence-electron chi connectivity index (χ1n) is 8.25. The monoisotopic (exact) mass is 361 g/mol. The third kappa shape index (κ3) is 6.81. The molecule has 25 heavy (non-hydrogen) atoms. The van der Waals surface area contributed by atoms with Crippen LogP contribution in [0.25, 0.3) is 0 Å². The molecular formula is C19H27NO4Si. The molecule has 0 heterocycles. The summed E-state index contributed by atoms with van der Waals surface area (Å²) in [4.78, 5) is 24.9. The molecule has 0 aliphatic carbocycles. The third-order valence-electron chi connectivity index (χ3n) is 3.25. The molecule has 0 spiro atoms. The van der Waals surface area contributed by atoms with Gasteiger partial charge in [-0.25, -0.2) is 0 Å². The van der Waals surface area contributed by atoms with Gasteiger partial charge in [0.2, 0.25) is 0 Å². The van der Waals surface area contributed by atoms with Gasteiger partial charge < -0.3 is 9.16 Å². The molecule has 0 bridgehead atoms. The van der Waals surface area contributed by atoms with Crippen LogP contribution in [-0.2, 0) is 18.8 Å². The number of nitrogens with zero attached hydrogens (tertiary/aromatic N) is 1. The molecule has 0 saturated heterocycles. The van der Waals surface area contributed by atoms with E-state index >= 15 is 0 Å². The van der Waals surface area contributed by atoms with E-state index in [9.17, 15) is 9.59 Å². The van der Waals surface area contributed by atoms with Gasteiger partial charge in [-0.05, 0) is 65.0 Å². The lowest BCUT2D eigenvalue weighted by Crippen LogP contribution is -2.40. The highest BCUT2D eigenvalue weighted by Crippen LogP contribution is 2.32. The normalized spacial score (nSPS) is 14.3. The molecule has 0 aliphatic rings. The minimum Gasteiger partial charge on any atom is -0.459 e. The predicted octanol–water partition coefficient (Wildman–Crippen LogP) is 4.00. The van der Waals surface area contributed by atoms with Gasteiger partial charge in [0.1, 0.15) is 17.3 Å². The largest absolute Gasteiger partial charge is 0.459 e. The first kappa shape index (κ1) is 21.1. The number of nitriles is 1. The number of Topliss-reactive ketones (excluding diaryl/α,β-unsaturated/α-hetero) is 1. The van der Waals surface area contributed by atoms with E-state index < -0.39 is 31.9 Å². The van der Waals surface area contributed by atoms with Crippen LogP contribution < -0.4 is 0 Å². The molecule has 5 nitrogen and oxygen atoms in total. The second-order valence-electron chi connectivity index (χ2n) is 8.01. The van der Waals surface area contributed by atoms with Crippen molar-refractivity contribution in [1.82, 2.24) is 0 Å². The maximum absolute atomic E-state index is 12.7. The zero-order chi connectivity index (χ0) is 19.4. The van der Waals surface area contributed by atoms with Crippen LogP contribution >= 0.6 is 0 Å². The molecule has 0 saturated carbocycles. The van der Waals surface area contributed by atoms with Crippen molar-refractivity contribution in [1.29, 1.82) is 5.26 Å². The number of carbonyl (C=O) groups excluding carboxylic acids is 2. The number of benzene rings is 1. The summed E-state index contributed by atoms with van der Waals surface area (Å²) >= 11 is 0. The van der Waals surface area contributed by atoms with E-state index in [1.807, 2.05) is 19.6 Å². The van der Waals surface area contributed by atoms with E-state index in [0.29, 0.717) is 11.1 Å². The molecule has 0 amide bonds. The SMILES string of the molecule is CC(=O)C(C(=O)OC(C)(C)C)C(O[Si](C)(C)C)c1ccc(C#N)cc1. The van der Waals surface area contributed by atoms with Gasteiger partial charge in [-0.3, -0.25) is 9.59 Å². The lowest BCUT2D eigenvalue weighted by atomic mass is 9.92. The summed E-state index contributed by atoms with van der Waals surface area (Å²) < 4.78 is 11.6. The minimum atomic E-state index is -2.06. The number of rotatable bonds is 6. The fraction of sp³-hybridized carbons (Fsp3) is 0.526. The zero-order valence-electron chi connectivity index (χ0n) is 16.0. The van der Waals surface area contributed by atoms with Crippen molar-refractivity contribution in [2.24, 2.45) is 5.92 Å². The molecule has 2 atom stereocenters. The maximum atomic E-state index is 12.7. The van der Waals surface area contributed by atoms with Gasteiger partial charge in [0.25, 0.3) is 0 Å². The van der Waals surface area contributed by atoms with E-state index in [1.165, 1.54) is 6.92 Å². The molecule has 1 aromatic carbocycles. The number of hydrogen-bond donors (Lipinski definition) is 0. The number of esters is 1. The van der Waals surface area contributed by atoms with Crippen LogP contribution in [-0.4, -0.2) is 25.7 Å². The Bertz CT molecular complexity index is 663. The lowest BCUT2D eigenvalue weighted by Gasteiger charge is -2.32. The van der Waals surface area contributed by atoms with E-state index in [1.54, 1.807) is 45.0 Å². The van der Waals surface area contributed by atoms with Gasteiger partial charge >= 0.3 is 5.97 Å². The summed E-state index contributed by atoms with van der Waals surface area (Å²) in [5.74, 6) is -1.94. The Morgan fingerprint density at radius 3 is 2.00 bits per heavy atom. The third-order valence-corrected chi connectivity index (χ3v) is 4.21. The highest BCUT2D eigenvalue weighted by atomic mass is 28.4. The van der Waals surface area contributed by atoms with E-state index in [2.05, 4.69) is 6.07 Å². The molecule has 0 radical (unpaired) electrons. The molecule has 0 N–H and O–H groups in total. The smallest absolute Gasteiger partial charge is 0.319 e. The van der Waals surface area contributed by atoms with Gasteiger partial charge in [-0.15, -0.1) is 0 Å². The van der Waals surface area contributed by atoms with Crippen molar-refractivity contribution in [2.75, 3.05) is 0 Å². The van der Waals surface area contributed by atoms with Crippen LogP contribution in [0.3, 0.4) is 0 Å². The predicted molar refractivity (Wildman–Crippen MR) is 98.3 cm³/mol. The van der Waals surface area contributed by atoms with Crippen LogP contribution in [0.1, 0.15) is 44.9 Å². The average molecular weight is 362 g/mol. The van der Waals surface area contributed by atoms with Crippen LogP contribution in [0.15, 0.2) is 24.3 Å². The maximum Gasteiger partial charge on any atom is 0.319 e. The summed E-state index contributed by atoms with van der Waals surface area (Å²) in [5.41, 5.74) is 0.499. The molecule has 0 aromatic heterocycles. The molecule has 2 unspecified atom stereocenters. The molecule has 136 valence electrons. The van der Waals surface area contributed by atoms with Gasteiger partial charge in [0.05, 0.1) is 17.7 Å². The quantitative estimate of drug-likeness (QED) is 0.435. The highest BCUT2D eigenvalue weighted by molar-refractivity contribution is 6.69. The second kappa shape index (κ2) is 7.94. The Hall–Kier alpha value is -1.97. The first-order chi connectivity index (χ1) is 11.3. The summed E-state index contributed by atoms with van der Waals surface area (Å²) in [5, 5.41) is 8.96. The topological polar surface area (TPSA) is 76.4 Å². The molecular weight excluding hydrogens is 334 g/mol. The molecule has 1 aromatic rings. The van der Waals surface area contributed by atoms with Crippen molar-refractivity contribution in [3.8, 4) is 6.07 Å². The van der Waals surface area contributed by atoms with Crippen molar-refractivity contribution < 1.29 is 18.8 Å². The number of carbonyl (C=O) groups is 2.